The molecule has 0 saturated heterocycles. The van der Waals surface area contributed by atoms with E-state index in [9.17, 15) is 4.79 Å². The Morgan fingerprint density at radius 3 is 3.00 bits per heavy atom. The van der Waals surface area contributed by atoms with Crippen molar-refractivity contribution in [3.05, 3.63) is 48.3 Å². The Hall–Kier alpha value is -2.34. The number of aromatic nitrogens is 2. The number of benzene rings is 1. The fraction of sp³-hybridized carbons (Fsp3) is 0.444. The van der Waals surface area contributed by atoms with Gasteiger partial charge in [-0.25, -0.2) is 4.79 Å². The molecule has 6 heteroatoms. The molecule has 1 aliphatic carbocycles. The third-order valence-electron chi connectivity index (χ3n) is 4.41. The van der Waals surface area contributed by atoms with E-state index in [1.165, 1.54) is 0 Å². The topological polar surface area (TPSA) is 68.2 Å². The summed E-state index contributed by atoms with van der Waals surface area (Å²) in [4.78, 5) is 12.3. The number of hydrogen-bond acceptors (Lipinski definition) is 3. The molecule has 1 heterocycles. The van der Waals surface area contributed by atoms with Crippen LogP contribution in [0.25, 0.3) is 0 Å². The molecule has 2 aromatic rings. The van der Waals surface area contributed by atoms with Crippen molar-refractivity contribution in [3.63, 3.8) is 0 Å². The van der Waals surface area contributed by atoms with Gasteiger partial charge in [0.25, 0.3) is 0 Å². The number of ether oxygens (including phenoxy) is 1. The lowest BCUT2D eigenvalue weighted by atomic mass is 9.92. The van der Waals surface area contributed by atoms with Crippen molar-refractivity contribution in [2.24, 2.45) is 0 Å². The summed E-state index contributed by atoms with van der Waals surface area (Å²) in [5.74, 6) is 0. The zero-order valence-electron chi connectivity index (χ0n) is 13.9. The third-order valence-corrected chi connectivity index (χ3v) is 4.41. The Bertz CT molecular complexity index is 657. The molecule has 6 nitrogen and oxygen atoms in total. The number of amides is 2. The van der Waals surface area contributed by atoms with Gasteiger partial charge in [-0.05, 0) is 36.6 Å². The van der Waals surface area contributed by atoms with Gasteiger partial charge in [-0.15, -0.1) is 0 Å². The molecule has 2 atom stereocenters. The number of carbonyl (C=O) groups is 1. The largest absolute Gasteiger partial charge is 0.379 e. The lowest BCUT2D eigenvalue weighted by molar-refractivity contribution is 0.0459. The Morgan fingerprint density at radius 1 is 1.33 bits per heavy atom. The highest BCUT2D eigenvalue weighted by Gasteiger charge is 2.26. The van der Waals surface area contributed by atoms with Crippen LogP contribution in [-0.2, 0) is 11.3 Å². The van der Waals surface area contributed by atoms with Gasteiger partial charge in [0.2, 0.25) is 0 Å². The van der Waals surface area contributed by atoms with Crippen molar-refractivity contribution >= 4 is 11.7 Å². The summed E-state index contributed by atoms with van der Waals surface area (Å²) in [6.45, 7) is 0.679. The fourth-order valence-electron chi connectivity index (χ4n) is 3.21. The van der Waals surface area contributed by atoms with E-state index >= 15 is 0 Å². The molecule has 128 valence electrons. The quantitative estimate of drug-likeness (QED) is 0.886. The highest BCUT2D eigenvalue weighted by atomic mass is 16.5. The van der Waals surface area contributed by atoms with Crippen LogP contribution < -0.4 is 10.6 Å². The summed E-state index contributed by atoms with van der Waals surface area (Å²) >= 11 is 0. The molecule has 0 aliphatic heterocycles. The summed E-state index contributed by atoms with van der Waals surface area (Å²) in [5, 5.41) is 10.2. The van der Waals surface area contributed by atoms with E-state index in [0.717, 1.165) is 36.9 Å². The molecule has 3 rings (SSSR count). The second kappa shape index (κ2) is 7.97. The molecule has 0 radical (unpaired) electrons. The third kappa shape index (κ3) is 4.35. The van der Waals surface area contributed by atoms with Crippen LogP contribution in [-0.4, -0.2) is 35.1 Å². The molecular weight excluding hydrogens is 304 g/mol. The molecule has 0 bridgehead atoms. The van der Waals surface area contributed by atoms with E-state index in [1.54, 1.807) is 13.3 Å². The van der Waals surface area contributed by atoms with Crippen molar-refractivity contribution in [2.45, 2.75) is 44.4 Å². The van der Waals surface area contributed by atoms with Crippen LogP contribution >= 0.6 is 0 Å². The number of rotatable bonds is 5. The Labute approximate surface area is 142 Å². The van der Waals surface area contributed by atoms with Gasteiger partial charge in [0.15, 0.2) is 0 Å². The second-order valence-electron chi connectivity index (χ2n) is 6.17. The molecule has 1 aromatic heterocycles. The van der Waals surface area contributed by atoms with Crippen LogP contribution in [0.1, 0.15) is 31.2 Å². The number of carbonyl (C=O) groups excluding carboxylic acids is 1. The minimum atomic E-state index is -0.180. The van der Waals surface area contributed by atoms with Gasteiger partial charge in [0, 0.05) is 25.2 Å². The van der Waals surface area contributed by atoms with Crippen molar-refractivity contribution in [3.8, 4) is 0 Å². The van der Waals surface area contributed by atoms with Gasteiger partial charge < -0.3 is 15.4 Å². The lowest BCUT2D eigenvalue weighted by Crippen LogP contribution is -2.47. The molecule has 0 unspecified atom stereocenters. The maximum atomic E-state index is 12.3. The Morgan fingerprint density at radius 2 is 2.21 bits per heavy atom. The maximum Gasteiger partial charge on any atom is 0.319 e. The van der Waals surface area contributed by atoms with Crippen LogP contribution in [0.15, 0.2) is 42.7 Å². The monoisotopic (exact) mass is 328 g/mol. The summed E-state index contributed by atoms with van der Waals surface area (Å²) in [6.07, 6.45) is 8.03. The molecule has 0 spiro atoms. The summed E-state index contributed by atoms with van der Waals surface area (Å²) in [5.41, 5.74) is 1.87. The summed E-state index contributed by atoms with van der Waals surface area (Å²) in [7, 11) is 1.71. The zero-order valence-corrected chi connectivity index (χ0v) is 13.9. The highest BCUT2D eigenvalue weighted by molar-refractivity contribution is 5.89. The van der Waals surface area contributed by atoms with E-state index in [-0.39, 0.29) is 18.2 Å². The average molecular weight is 328 g/mol. The number of urea groups is 1. The number of nitrogens with one attached hydrogen (secondary N) is 2. The first kappa shape index (κ1) is 16.5. The van der Waals surface area contributed by atoms with Crippen LogP contribution in [0.3, 0.4) is 0 Å². The van der Waals surface area contributed by atoms with Crippen molar-refractivity contribution < 1.29 is 9.53 Å². The van der Waals surface area contributed by atoms with E-state index in [0.29, 0.717) is 6.54 Å². The highest BCUT2D eigenvalue weighted by Crippen LogP contribution is 2.21. The number of nitrogens with zero attached hydrogens (tertiary/aromatic N) is 2. The molecule has 1 fully saturated rings. The van der Waals surface area contributed by atoms with Crippen LogP contribution in [0.2, 0.25) is 0 Å². The second-order valence-corrected chi connectivity index (χ2v) is 6.17. The smallest absolute Gasteiger partial charge is 0.319 e. The number of anilines is 1. The predicted octanol–water partition coefficient (Wildman–Crippen LogP) is 3.01. The van der Waals surface area contributed by atoms with E-state index in [1.807, 2.05) is 41.2 Å². The van der Waals surface area contributed by atoms with E-state index in [2.05, 4.69) is 15.7 Å². The van der Waals surface area contributed by atoms with Crippen molar-refractivity contribution in [1.29, 1.82) is 0 Å². The summed E-state index contributed by atoms with van der Waals surface area (Å²) < 4.78 is 7.33. The van der Waals surface area contributed by atoms with E-state index < -0.39 is 0 Å². The lowest BCUT2D eigenvalue weighted by Gasteiger charge is -2.31. The normalized spacial score (nSPS) is 20.5. The predicted molar refractivity (Wildman–Crippen MR) is 93.0 cm³/mol. The Balaban J connectivity index is 1.57. The maximum absolute atomic E-state index is 12.3. The first-order valence-corrected chi connectivity index (χ1v) is 8.41. The minimum Gasteiger partial charge on any atom is -0.379 e. The first-order chi connectivity index (χ1) is 11.7. The molecule has 2 N–H and O–H groups in total. The first-order valence-electron chi connectivity index (χ1n) is 8.41. The molecule has 1 saturated carbocycles. The van der Waals surface area contributed by atoms with Gasteiger partial charge in [0.05, 0.1) is 18.7 Å². The number of methoxy groups -OCH3 is 1. The van der Waals surface area contributed by atoms with E-state index in [4.69, 9.17) is 4.74 Å². The van der Waals surface area contributed by atoms with Gasteiger partial charge in [-0.1, -0.05) is 25.0 Å². The van der Waals surface area contributed by atoms with Crippen LogP contribution in [0.5, 0.6) is 0 Å². The van der Waals surface area contributed by atoms with Crippen LogP contribution in [0.4, 0.5) is 10.5 Å². The van der Waals surface area contributed by atoms with Crippen molar-refractivity contribution in [1.82, 2.24) is 15.1 Å². The fourth-order valence-corrected chi connectivity index (χ4v) is 3.21. The van der Waals surface area contributed by atoms with Gasteiger partial charge in [-0.3, -0.25) is 4.68 Å². The molecule has 2 amide bonds. The molecular formula is C18H24N4O2. The molecule has 24 heavy (non-hydrogen) atoms. The minimum absolute atomic E-state index is 0.0796. The summed E-state index contributed by atoms with van der Waals surface area (Å²) in [6, 6.07) is 9.61. The van der Waals surface area contributed by atoms with Crippen LogP contribution in [0, 0.1) is 0 Å². The molecule has 1 aliphatic rings. The Kier molecular flexibility index (Phi) is 5.48. The molecule has 1 aromatic carbocycles. The van der Waals surface area contributed by atoms with Crippen molar-refractivity contribution in [2.75, 3.05) is 12.4 Å². The average Bonchev–Trinajstić information content (AvgIpc) is 3.08. The van der Waals surface area contributed by atoms with Gasteiger partial charge in [0.1, 0.15) is 0 Å². The van der Waals surface area contributed by atoms with Gasteiger partial charge >= 0.3 is 6.03 Å². The standard InChI is InChI=1S/C18H24N4O2/c1-24-17-9-3-2-8-16(17)21-18(23)20-15-7-4-6-14(12-15)13-22-11-5-10-19-22/h4-7,10-12,16-17H,2-3,8-9,13H2,1H3,(H2,20,21,23)/t16-,17+/m1/s1. The number of hydrogen-bond donors (Lipinski definition) is 2. The van der Waals surface area contributed by atoms with Gasteiger partial charge in [-0.2, -0.15) is 5.10 Å². The SMILES string of the molecule is CO[C@H]1CCCC[C@H]1NC(=O)Nc1cccc(Cn2cccn2)c1. The zero-order chi connectivity index (χ0) is 16.8.